The first kappa shape index (κ1) is 23.3. The number of rotatable bonds is 12. The highest BCUT2D eigenvalue weighted by Crippen LogP contribution is 2.36. The molecule has 0 spiro atoms. The Hall–Kier alpha value is -1.69. The number of aliphatic hydroxyl groups is 3. The van der Waals surface area contributed by atoms with E-state index in [0.717, 1.165) is 12.8 Å². The Morgan fingerprint density at radius 3 is 2.30 bits per heavy atom. The van der Waals surface area contributed by atoms with Crippen molar-refractivity contribution in [3.8, 4) is 0 Å². The average molecular weight is 379 g/mol. The van der Waals surface area contributed by atoms with Crippen molar-refractivity contribution in [3.63, 3.8) is 0 Å². The van der Waals surface area contributed by atoms with Gasteiger partial charge in [-0.1, -0.05) is 55.5 Å². The normalized spacial score (nSPS) is 27.6. The van der Waals surface area contributed by atoms with Crippen LogP contribution in [0.25, 0.3) is 0 Å². The zero-order chi connectivity index (χ0) is 20.1. The summed E-state index contributed by atoms with van der Waals surface area (Å²) in [7, 11) is 0. The summed E-state index contributed by atoms with van der Waals surface area (Å²) < 4.78 is 0. The van der Waals surface area contributed by atoms with Gasteiger partial charge in [0.15, 0.2) is 0 Å². The minimum absolute atomic E-state index is 0.0299. The summed E-state index contributed by atoms with van der Waals surface area (Å²) in [6.07, 6.45) is 18.0. The van der Waals surface area contributed by atoms with Gasteiger partial charge >= 0.3 is 5.97 Å². The summed E-state index contributed by atoms with van der Waals surface area (Å²) in [6.45, 7) is 1.90. The minimum Gasteiger partial charge on any atom is -0.481 e. The van der Waals surface area contributed by atoms with Crippen molar-refractivity contribution in [1.82, 2.24) is 0 Å². The summed E-state index contributed by atoms with van der Waals surface area (Å²) in [5, 5.41) is 38.5. The lowest BCUT2D eigenvalue weighted by atomic mass is 9.89. The lowest BCUT2D eigenvalue weighted by Crippen LogP contribution is -2.20. The topological polar surface area (TPSA) is 98.0 Å². The molecule has 0 bridgehead atoms. The number of carboxylic acid groups (broad SMARTS) is 1. The van der Waals surface area contributed by atoms with E-state index in [1.54, 1.807) is 6.08 Å². The molecule has 0 aromatic carbocycles. The Morgan fingerprint density at radius 1 is 1.04 bits per heavy atom. The van der Waals surface area contributed by atoms with Crippen LogP contribution in [0.1, 0.15) is 51.9 Å². The van der Waals surface area contributed by atoms with Gasteiger partial charge in [-0.25, -0.2) is 0 Å². The molecule has 0 unspecified atom stereocenters. The average Bonchev–Trinajstić information content (AvgIpc) is 2.90. The highest BCUT2D eigenvalue weighted by atomic mass is 16.4. The smallest absolute Gasteiger partial charge is 0.303 e. The molecule has 0 radical (unpaired) electrons. The highest BCUT2D eigenvalue weighted by molar-refractivity contribution is 5.66. The van der Waals surface area contributed by atoms with Gasteiger partial charge in [-0.3, -0.25) is 4.79 Å². The number of aliphatic carboxylic acids is 1. The number of hydrogen-bond acceptors (Lipinski definition) is 4. The number of allylic oxidation sites excluding steroid dienone is 6. The third-order valence-corrected chi connectivity index (χ3v) is 4.87. The molecule has 1 fully saturated rings. The molecule has 152 valence electrons. The highest BCUT2D eigenvalue weighted by Gasteiger charge is 2.39. The van der Waals surface area contributed by atoms with E-state index in [2.05, 4.69) is 0 Å². The quantitative estimate of drug-likeness (QED) is 0.390. The second kappa shape index (κ2) is 13.5. The van der Waals surface area contributed by atoms with E-state index in [9.17, 15) is 20.1 Å². The zero-order valence-corrected chi connectivity index (χ0v) is 16.2. The maximum Gasteiger partial charge on any atom is 0.303 e. The summed E-state index contributed by atoms with van der Waals surface area (Å²) in [5.41, 5.74) is 0. The summed E-state index contributed by atoms with van der Waals surface area (Å²) in [4.78, 5) is 10.4. The Morgan fingerprint density at radius 2 is 1.67 bits per heavy atom. The molecular weight excluding hydrogens is 344 g/mol. The molecule has 0 amide bonds. The van der Waals surface area contributed by atoms with E-state index >= 15 is 0 Å². The van der Waals surface area contributed by atoms with E-state index < -0.39 is 24.3 Å². The van der Waals surface area contributed by atoms with E-state index in [-0.39, 0.29) is 18.3 Å². The van der Waals surface area contributed by atoms with Crippen molar-refractivity contribution in [1.29, 1.82) is 0 Å². The van der Waals surface area contributed by atoms with Gasteiger partial charge in [-0.05, 0) is 38.0 Å². The number of hydrogen-bond donors (Lipinski definition) is 4. The third-order valence-electron chi connectivity index (χ3n) is 4.87. The van der Waals surface area contributed by atoms with Crippen LogP contribution >= 0.6 is 0 Å². The van der Waals surface area contributed by atoms with Crippen molar-refractivity contribution in [3.05, 3.63) is 48.6 Å². The van der Waals surface area contributed by atoms with Crippen LogP contribution in [0.3, 0.4) is 0 Å². The SMILES string of the molecule is CC[C@H](O)/C=C/[C@H]1[C@H](C/C=C\C/C=C\C/C=C\CCC(=O)O)[C@@H](O)C[C@H]1O. The predicted octanol–water partition coefficient (Wildman–Crippen LogP) is 3.38. The Kier molecular flexibility index (Phi) is 11.7. The van der Waals surface area contributed by atoms with Gasteiger partial charge in [-0.15, -0.1) is 0 Å². The van der Waals surface area contributed by atoms with E-state index in [4.69, 9.17) is 5.11 Å². The standard InChI is InChI=1S/C22H34O5/c1-2-17(23)14-15-19-18(20(24)16-21(19)25)12-10-8-6-4-3-5-7-9-11-13-22(26)27/h3-4,7-10,14-15,17-21,23-25H,2,5-6,11-13,16H2,1H3,(H,26,27)/b4-3-,9-7-,10-8-,15-14+/t17-,18-,19-,20-,21+/m0/s1. The van der Waals surface area contributed by atoms with Crippen molar-refractivity contribution in [2.75, 3.05) is 0 Å². The van der Waals surface area contributed by atoms with Gasteiger partial charge in [0.05, 0.1) is 18.3 Å². The fraction of sp³-hybridized carbons (Fsp3) is 0.591. The van der Waals surface area contributed by atoms with Gasteiger partial charge in [0.25, 0.3) is 0 Å². The van der Waals surface area contributed by atoms with Gasteiger partial charge in [-0.2, -0.15) is 0 Å². The molecule has 0 aliphatic heterocycles. The molecule has 5 atom stereocenters. The number of carboxylic acids is 1. The molecule has 1 rings (SSSR count). The second-order valence-electron chi connectivity index (χ2n) is 7.03. The molecule has 1 aliphatic carbocycles. The zero-order valence-electron chi connectivity index (χ0n) is 16.2. The Labute approximate surface area is 162 Å². The molecule has 1 saturated carbocycles. The largest absolute Gasteiger partial charge is 0.481 e. The first-order valence-corrected chi connectivity index (χ1v) is 9.85. The predicted molar refractivity (Wildman–Crippen MR) is 107 cm³/mol. The first-order chi connectivity index (χ1) is 13.0. The van der Waals surface area contributed by atoms with Crippen LogP contribution in [0, 0.1) is 11.8 Å². The van der Waals surface area contributed by atoms with Crippen molar-refractivity contribution in [2.45, 2.75) is 70.2 Å². The minimum atomic E-state index is -0.778. The monoisotopic (exact) mass is 378 g/mol. The van der Waals surface area contributed by atoms with Crippen LogP contribution in [0.5, 0.6) is 0 Å². The van der Waals surface area contributed by atoms with Crippen LogP contribution in [0.2, 0.25) is 0 Å². The lowest BCUT2D eigenvalue weighted by molar-refractivity contribution is -0.136. The van der Waals surface area contributed by atoms with E-state index in [0.29, 0.717) is 25.7 Å². The van der Waals surface area contributed by atoms with Gasteiger partial charge in [0.1, 0.15) is 0 Å². The fourth-order valence-electron chi connectivity index (χ4n) is 3.22. The van der Waals surface area contributed by atoms with Crippen molar-refractivity contribution in [2.24, 2.45) is 11.8 Å². The van der Waals surface area contributed by atoms with Crippen LogP contribution < -0.4 is 0 Å². The molecule has 5 nitrogen and oxygen atoms in total. The maximum atomic E-state index is 10.4. The van der Waals surface area contributed by atoms with Gasteiger partial charge in [0.2, 0.25) is 0 Å². The molecular formula is C22H34O5. The molecule has 0 saturated heterocycles. The van der Waals surface area contributed by atoms with Gasteiger partial charge < -0.3 is 20.4 Å². The molecule has 27 heavy (non-hydrogen) atoms. The summed E-state index contributed by atoms with van der Waals surface area (Å²) in [6, 6.07) is 0. The molecule has 0 aromatic heterocycles. The Balaban J connectivity index is 2.34. The van der Waals surface area contributed by atoms with Crippen molar-refractivity contribution >= 4 is 5.97 Å². The number of carbonyl (C=O) groups is 1. The lowest BCUT2D eigenvalue weighted by Gasteiger charge is -2.19. The molecule has 0 heterocycles. The maximum absolute atomic E-state index is 10.4. The summed E-state index contributed by atoms with van der Waals surface area (Å²) >= 11 is 0. The van der Waals surface area contributed by atoms with E-state index in [1.807, 2.05) is 49.5 Å². The molecule has 5 heteroatoms. The van der Waals surface area contributed by atoms with E-state index in [1.165, 1.54) is 0 Å². The van der Waals surface area contributed by atoms with Crippen molar-refractivity contribution < 1.29 is 25.2 Å². The second-order valence-corrected chi connectivity index (χ2v) is 7.03. The van der Waals surface area contributed by atoms with Crippen LogP contribution in [-0.2, 0) is 4.79 Å². The third kappa shape index (κ3) is 9.70. The van der Waals surface area contributed by atoms with Crippen LogP contribution in [-0.4, -0.2) is 44.7 Å². The van der Waals surface area contributed by atoms with Crippen LogP contribution in [0.15, 0.2) is 48.6 Å². The molecule has 4 N–H and O–H groups in total. The Bertz CT molecular complexity index is 535. The van der Waals surface area contributed by atoms with Gasteiger partial charge in [0, 0.05) is 18.8 Å². The molecule has 1 aliphatic rings. The molecule has 0 aromatic rings. The van der Waals surface area contributed by atoms with Crippen LogP contribution in [0.4, 0.5) is 0 Å². The first-order valence-electron chi connectivity index (χ1n) is 9.85. The number of aliphatic hydroxyl groups excluding tert-OH is 3. The fourth-order valence-corrected chi connectivity index (χ4v) is 3.22. The summed E-state index contributed by atoms with van der Waals surface area (Å²) in [5.74, 6) is -0.936.